The van der Waals surface area contributed by atoms with Crippen LogP contribution in [0.1, 0.15) is 33.6 Å². The first-order valence-electron chi connectivity index (χ1n) is 6.82. The van der Waals surface area contributed by atoms with Crippen LogP contribution in [0.2, 0.25) is 0 Å². The molecule has 0 aromatic carbocycles. The minimum Gasteiger partial charge on any atom is -0.377 e. The van der Waals surface area contributed by atoms with Gasteiger partial charge in [-0.05, 0) is 40.8 Å². The highest BCUT2D eigenvalue weighted by Crippen LogP contribution is 2.00. The highest BCUT2D eigenvalue weighted by molar-refractivity contribution is 5.78. The number of rotatable bonds is 9. The van der Waals surface area contributed by atoms with Gasteiger partial charge < -0.3 is 20.7 Å². The average Bonchev–Trinajstić information content (AvgIpc) is 2.32. The molecule has 0 spiro atoms. The highest BCUT2D eigenvalue weighted by atomic mass is 16.5. The van der Waals surface area contributed by atoms with Gasteiger partial charge in [-0.15, -0.1) is 0 Å². The van der Waals surface area contributed by atoms with Gasteiger partial charge in [0.15, 0.2) is 5.96 Å². The van der Waals surface area contributed by atoms with E-state index in [1.54, 1.807) is 0 Å². The molecule has 0 aliphatic rings. The van der Waals surface area contributed by atoms with E-state index in [2.05, 4.69) is 43.2 Å². The first-order chi connectivity index (χ1) is 8.49. The van der Waals surface area contributed by atoms with Gasteiger partial charge in [0, 0.05) is 19.2 Å². The predicted octanol–water partition coefficient (Wildman–Crippen LogP) is 1.05. The van der Waals surface area contributed by atoms with Gasteiger partial charge in [0.05, 0.1) is 12.6 Å². The van der Waals surface area contributed by atoms with Gasteiger partial charge in [-0.25, -0.2) is 0 Å². The van der Waals surface area contributed by atoms with E-state index < -0.39 is 0 Å². The van der Waals surface area contributed by atoms with Crippen LogP contribution in [0.5, 0.6) is 0 Å². The van der Waals surface area contributed by atoms with Crippen LogP contribution in [0.4, 0.5) is 0 Å². The number of nitrogens with one attached hydrogen (secondary N) is 1. The molecule has 0 saturated carbocycles. The fourth-order valence-corrected chi connectivity index (χ4v) is 1.47. The van der Waals surface area contributed by atoms with Crippen molar-refractivity contribution in [3.05, 3.63) is 0 Å². The lowest BCUT2D eigenvalue weighted by Crippen LogP contribution is -2.38. The molecule has 0 aromatic rings. The first kappa shape index (κ1) is 17.2. The second kappa shape index (κ2) is 10.1. The Labute approximate surface area is 112 Å². The van der Waals surface area contributed by atoms with Gasteiger partial charge in [0.2, 0.25) is 0 Å². The monoisotopic (exact) mass is 258 g/mol. The molecule has 0 saturated heterocycles. The SMILES string of the molecule is CCOC(CCN(C)C)CN=C(N)NC(C)CC. The van der Waals surface area contributed by atoms with E-state index in [1.165, 1.54) is 0 Å². The predicted molar refractivity (Wildman–Crippen MR) is 78.0 cm³/mol. The lowest BCUT2D eigenvalue weighted by Gasteiger charge is -2.18. The lowest BCUT2D eigenvalue weighted by atomic mass is 10.2. The van der Waals surface area contributed by atoms with Crippen molar-refractivity contribution < 1.29 is 4.74 Å². The van der Waals surface area contributed by atoms with E-state index in [9.17, 15) is 0 Å². The minimum absolute atomic E-state index is 0.148. The Bertz CT molecular complexity index is 231. The van der Waals surface area contributed by atoms with Crippen molar-refractivity contribution in [2.45, 2.75) is 45.8 Å². The van der Waals surface area contributed by atoms with E-state index in [0.717, 1.165) is 19.4 Å². The molecule has 0 amide bonds. The number of hydrogen-bond acceptors (Lipinski definition) is 3. The molecular formula is C13H30N4O. The second-order valence-corrected chi connectivity index (χ2v) is 4.85. The summed E-state index contributed by atoms with van der Waals surface area (Å²) in [6, 6.07) is 0.362. The van der Waals surface area contributed by atoms with Crippen LogP contribution in [-0.2, 0) is 4.74 Å². The standard InChI is InChI=1S/C13H30N4O/c1-6-11(3)16-13(14)15-10-12(18-7-2)8-9-17(4)5/h11-12H,6-10H2,1-5H3,(H3,14,15,16). The van der Waals surface area contributed by atoms with Crippen LogP contribution in [-0.4, -0.2) is 56.8 Å². The summed E-state index contributed by atoms with van der Waals surface area (Å²) in [7, 11) is 4.12. The number of hydrogen-bond donors (Lipinski definition) is 2. The zero-order valence-electron chi connectivity index (χ0n) is 12.6. The smallest absolute Gasteiger partial charge is 0.188 e. The Morgan fingerprint density at radius 3 is 2.56 bits per heavy atom. The minimum atomic E-state index is 0.148. The molecule has 0 aliphatic carbocycles. The van der Waals surface area contributed by atoms with Crippen molar-refractivity contribution >= 4 is 5.96 Å². The molecule has 0 bridgehead atoms. The number of nitrogens with zero attached hydrogens (tertiary/aromatic N) is 2. The summed E-state index contributed by atoms with van der Waals surface area (Å²) in [5.74, 6) is 0.513. The molecule has 2 unspecified atom stereocenters. The van der Waals surface area contributed by atoms with Crippen LogP contribution in [0.15, 0.2) is 4.99 Å². The third-order valence-electron chi connectivity index (χ3n) is 2.77. The number of aliphatic imine (C=N–C) groups is 1. The molecule has 108 valence electrons. The van der Waals surface area contributed by atoms with Crippen LogP contribution in [0.25, 0.3) is 0 Å². The normalized spacial score (nSPS) is 15.8. The molecule has 5 nitrogen and oxygen atoms in total. The summed E-state index contributed by atoms with van der Waals surface area (Å²) in [6.07, 6.45) is 2.15. The van der Waals surface area contributed by atoms with E-state index in [4.69, 9.17) is 10.5 Å². The zero-order chi connectivity index (χ0) is 14.0. The van der Waals surface area contributed by atoms with E-state index >= 15 is 0 Å². The Balaban J connectivity index is 4.10. The van der Waals surface area contributed by atoms with Gasteiger partial charge >= 0.3 is 0 Å². The molecule has 0 heterocycles. The van der Waals surface area contributed by atoms with Crippen LogP contribution >= 0.6 is 0 Å². The Hall–Kier alpha value is -0.810. The molecule has 0 fully saturated rings. The average molecular weight is 258 g/mol. The Morgan fingerprint density at radius 2 is 2.06 bits per heavy atom. The Kier molecular flexibility index (Phi) is 9.69. The van der Waals surface area contributed by atoms with Gasteiger partial charge in [-0.1, -0.05) is 6.92 Å². The quantitative estimate of drug-likeness (QED) is 0.479. The maximum atomic E-state index is 5.82. The molecule has 3 N–H and O–H groups in total. The topological polar surface area (TPSA) is 62.9 Å². The van der Waals surface area contributed by atoms with Crippen LogP contribution in [0.3, 0.4) is 0 Å². The summed E-state index contributed by atoms with van der Waals surface area (Å²) >= 11 is 0. The molecule has 2 atom stereocenters. The summed E-state index contributed by atoms with van der Waals surface area (Å²) in [4.78, 5) is 6.50. The number of ether oxygens (including phenoxy) is 1. The van der Waals surface area contributed by atoms with Crippen molar-refractivity contribution in [2.75, 3.05) is 33.8 Å². The zero-order valence-corrected chi connectivity index (χ0v) is 12.6. The van der Waals surface area contributed by atoms with E-state index in [-0.39, 0.29) is 6.10 Å². The molecule has 0 rings (SSSR count). The molecule has 18 heavy (non-hydrogen) atoms. The van der Waals surface area contributed by atoms with Crippen molar-refractivity contribution in [3.63, 3.8) is 0 Å². The maximum absolute atomic E-state index is 5.82. The van der Waals surface area contributed by atoms with E-state index in [0.29, 0.717) is 25.2 Å². The maximum Gasteiger partial charge on any atom is 0.188 e. The van der Waals surface area contributed by atoms with Crippen LogP contribution < -0.4 is 11.1 Å². The summed E-state index contributed by atoms with van der Waals surface area (Å²) in [6.45, 7) is 8.55. The largest absolute Gasteiger partial charge is 0.377 e. The van der Waals surface area contributed by atoms with E-state index in [1.807, 2.05) is 6.92 Å². The van der Waals surface area contributed by atoms with Crippen LogP contribution in [0, 0.1) is 0 Å². The third-order valence-corrected chi connectivity index (χ3v) is 2.77. The van der Waals surface area contributed by atoms with Crippen molar-refractivity contribution in [1.29, 1.82) is 0 Å². The van der Waals surface area contributed by atoms with Crippen molar-refractivity contribution in [3.8, 4) is 0 Å². The third kappa shape index (κ3) is 9.24. The molecule has 0 radical (unpaired) electrons. The molecule has 0 aliphatic heterocycles. The Morgan fingerprint density at radius 1 is 1.39 bits per heavy atom. The summed E-state index contributed by atoms with van der Waals surface area (Å²) < 4.78 is 5.66. The van der Waals surface area contributed by atoms with Gasteiger partial charge in [0.1, 0.15) is 0 Å². The molecule has 0 aromatic heterocycles. The lowest BCUT2D eigenvalue weighted by molar-refractivity contribution is 0.0582. The number of nitrogens with two attached hydrogens (primary N) is 1. The van der Waals surface area contributed by atoms with Gasteiger partial charge in [0.25, 0.3) is 0 Å². The highest BCUT2D eigenvalue weighted by Gasteiger charge is 2.09. The fraction of sp³-hybridized carbons (Fsp3) is 0.923. The fourth-order valence-electron chi connectivity index (χ4n) is 1.47. The first-order valence-corrected chi connectivity index (χ1v) is 6.82. The molecule has 5 heteroatoms. The molecular weight excluding hydrogens is 228 g/mol. The van der Waals surface area contributed by atoms with Gasteiger partial charge in [-0.3, -0.25) is 4.99 Å². The van der Waals surface area contributed by atoms with Crippen molar-refractivity contribution in [1.82, 2.24) is 10.2 Å². The number of guanidine groups is 1. The van der Waals surface area contributed by atoms with Gasteiger partial charge in [-0.2, -0.15) is 0 Å². The summed E-state index contributed by atoms with van der Waals surface area (Å²) in [5.41, 5.74) is 5.82. The second-order valence-electron chi connectivity index (χ2n) is 4.85. The summed E-state index contributed by atoms with van der Waals surface area (Å²) in [5, 5.41) is 3.15. The van der Waals surface area contributed by atoms with Crippen molar-refractivity contribution in [2.24, 2.45) is 10.7 Å².